The van der Waals surface area contributed by atoms with Crippen molar-refractivity contribution in [2.24, 2.45) is 0 Å². The van der Waals surface area contributed by atoms with Crippen LogP contribution in [0.3, 0.4) is 0 Å². The lowest BCUT2D eigenvalue weighted by Gasteiger charge is -2.29. The standard InChI is InChI=1S/C16H18N2O4S/c1-4-21-15(20)13-9(2)17-16(23)18-14(13)11-5-7-12(8-6-11)22-10(3)19/h5-8,14H,4H2,1-3H3,(H2,17,18,23). The summed E-state index contributed by atoms with van der Waals surface area (Å²) in [5, 5.41) is 6.44. The van der Waals surface area contributed by atoms with Gasteiger partial charge in [-0.25, -0.2) is 4.79 Å². The van der Waals surface area contributed by atoms with Gasteiger partial charge in [0.05, 0.1) is 18.2 Å². The van der Waals surface area contributed by atoms with Crippen LogP contribution in [0.4, 0.5) is 0 Å². The number of esters is 2. The van der Waals surface area contributed by atoms with Gasteiger partial charge in [-0.3, -0.25) is 4.79 Å². The zero-order valence-electron chi connectivity index (χ0n) is 13.1. The molecule has 1 heterocycles. The minimum Gasteiger partial charge on any atom is -0.463 e. The average Bonchev–Trinajstić information content (AvgIpc) is 2.46. The van der Waals surface area contributed by atoms with Crippen molar-refractivity contribution in [1.82, 2.24) is 10.6 Å². The number of ether oxygens (including phenoxy) is 2. The molecule has 1 atom stereocenters. The Hall–Kier alpha value is -2.41. The Kier molecular flexibility index (Phi) is 5.33. The van der Waals surface area contributed by atoms with E-state index < -0.39 is 12.0 Å². The van der Waals surface area contributed by atoms with Crippen LogP contribution in [0, 0.1) is 0 Å². The third-order valence-corrected chi connectivity index (χ3v) is 3.46. The second-order valence-electron chi connectivity index (χ2n) is 4.95. The molecule has 0 aromatic heterocycles. The summed E-state index contributed by atoms with van der Waals surface area (Å²) < 4.78 is 10.1. The number of carbonyl (C=O) groups is 2. The lowest BCUT2D eigenvalue weighted by molar-refractivity contribution is -0.139. The number of hydrogen-bond donors (Lipinski definition) is 2. The summed E-state index contributed by atoms with van der Waals surface area (Å²) in [5.74, 6) is -0.348. The normalized spacial score (nSPS) is 17.2. The van der Waals surface area contributed by atoms with Crippen LogP contribution in [-0.2, 0) is 14.3 Å². The molecule has 7 heteroatoms. The molecule has 122 valence electrons. The smallest absolute Gasteiger partial charge is 0.338 e. The molecular weight excluding hydrogens is 316 g/mol. The van der Waals surface area contributed by atoms with Crippen LogP contribution >= 0.6 is 12.2 Å². The first-order valence-electron chi connectivity index (χ1n) is 7.16. The van der Waals surface area contributed by atoms with Crippen LogP contribution < -0.4 is 15.4 Å². The van der Waals surface area contributed by atoms with Crippen molar-refractivity contribution in [3.63, 3.8) is 0 Å². The van der Waals surface area contributed by atoms with Crippen molar-refractivity contribution in [1.29, 1.82) is 0 Å². The minimum atomic E-state index is -0.422. The number of rotatable bonds is 4. The van der Waals surface area contributed by atoms with E-state index >= 15 is 0 Å². The summed E-state index contributed by atoms with van der Waals surface area (Å²) in [7, 11) is 0. The number of allylic oxidation sites excluding steroid dienone is 1. The molecular formula is C16H18N2O4S. The molecule has 23 heavy (non-hydrogen) atoms. The molecule has 0 saturated heterocycles. The van der Waals surface area contributed by atoms with Gasteiger partial charge in [0.2, 0.25) is 0 Å². The van der Waals surface area contributed by atoms with E-state index in [1.165, 1.54) is 6.92 Å². The second kappa shape index (κ2) is 7.23. The molecule has 0 spiro atoms. The molecule has 0 saturated carbocycles. The zero-order valence-corrected chi connectivity index (χ0v) is 14.0. The molecule has 0 radical (unpaired) electrons. The third-order valence-electron chi connectivity index (χ3n) is 3.24. The second-order valence-corrected chi connectivity index (χ2v) is 5.36. The van der Waals surface area contributed by atoms with E-state index in [2.05, 4.69) is 10.6 Å². The molecule has 1 unspecified atom stereocenters. The first-order chi connectivity index (χ1) is 10.9. The first kappa shape index (κ1) is 17.0. The maximum absolute atomic E-state index is 12.2. The van der Waals surface area contributed by atoms with E-state index in [1.807, 2.05) is 0 Å². The summed E-state index contributed by atoms with van der Waals surface area (Å²) in [4.78, 5) is 23.2. The fraction of sp³-hybridized carbons (Fsp3) is 0.312. The Balaban J connectivity index is 2.34. The molecule has 2 rings (SSSR count). The SMILES string of the molecule is CCOC(=O)C1=C(C)NC(=S)NC1c1ccc(OC(C)=O)cc1. The topological polar surface area (TPSA) is 76.7 Å². The Morgan fingerprint density at radius 3 is 2.48 bits per heavy atom. The van der Waals surface area contributed by atoms with Gasteiger partial charge in [-0.1, -0.05) is 12.1 Å². The fourth-order valence-electron chi connectivity index (χ4n) is 2.32. The van der Waals surface area contributed by atoms with Crippen LogP contribution in [0.15, 0.2) is 35.5 Å². The van der Waals surface area contributed by atoms with Gasteiger partial charge in [-0.15, -0.1) is 0 Å². The maximum Gasteiger partial charge on any atom is 0.338 e. The van der Waals surface area contributed by atoms with E-state index in [9.17, 15) is 9.59 Å². The van der Waals surface area contributed by atoms with Crippen molar-refractivity contribution in [2.45, 2.75) is 26.8 Å². The van der Waals surface area contributed by atoms with Gasteiger partial charge in [0.25, 0.3) is 0 Å². The molecule has 0 fully saturated rings. The van der Waals surface area contributed by atoms with Crippen molar-refractivity contribution >= 4 is 29.3 Å². The Labute approximate surface area is 139 Å². The average molecular weight is 334 g/mol. The van der Waals surface area contributed by atoms with Gasteiger partial charge in [-0.2, -0.15) is 0 Å². The zero-order chi connectivity index (χ0) is 17.0. The van der Waals surface area contributed by atoms with Crippen LogP contribution in [-0.4, -0.2) is 23.7 Å². The molecule has 1 aliphatic heterocycles. The van der Waals surface area contributed by atoms with E-state index in [4.69, 9.17) is 21.7 Å². The summed E-state index contributed by atoms with van der Waals surface area (Å²) in [6, 6.07) is 6.46. The quantitative estimate of drug-likeness (QED) is 0.495. The maximum atomic E-state index is 12.2. The van der Waals surface area contributed by atoms with Gasteiger partial charge in [0, 0.05) is 12.6 Å². The number of benzene rings is 1. The number of thiocarbonyl (C=S) groups is 1. The van der Waals surface area contributed by atoms with Crippen molar-refractivity contribution in [2.75, 3.05) is 6.61 Å². The molecule has 0 bridgehead atoms. The predicted molar refractivity (Wildman–Crippen MR) is 88.7 cm³/mol. The molecule has 2 N–H and O–H groups in total. The molecule has 1 aliphatic rings. The van der Waals surface area contributed by atoms with Gasteiger partial charge < -0.3 is 20.1 Å². The Morgan fingerprint density at radius 2 is 1.91 bits per heavy atom. The molecule has 0 amide bonds. The fourth-order valence-corrected chi connectivity index (χ4v) is 2.59. The van der Waals surface area contributed by atoms with Gasteiger partial charge >= 0.3 is 11.9 Å². The van der Waals surface area contributed by atoms with Gasteiger partial charge in [-0.05, 0) is 43.8 Å². The van der Waals surface area contributed by atoms with Crippen molar-refractivity contribution in [3.05, 3.63) is 41.1 Å². The van der Waals surface area contributed by atoms with Gasteiger partial charge in [0.15, 0.2) is 5.11 Å². The monoisotopic (exact) mass is 334 g/mol. The Morgan fingerprint density at radius 1 is 1.26 bits per heavy atom. The highest BCUT2D eigenvalue weighted by Gasteiger charge is 2.30. The Bertz CT molecular complexity index is 667. The van der Waals surface area contributed by atoms with E-state index in [-0.39, 0.29) is 12.6 Å². The first-order valence-corrected chi connectivity index (χ1v) is 7.57. The van der Waals surface area contributed by atoms with E-state index in [0.29, 0.717) is 22.1 Å². The van der Waals surface area contributed by atoms with Crippen molar-refractivity contribution in [3.8, 4) is 5.75 Å². The molecule has 1 aromatic carbocycles. The molecule has 6 nitrogen and oxygen atoms in total. The largest absolute Gasteiger partial charge is 0.463 e. The van der Waals surface area contributed by atoms with E-state index in [0.717, 1.165) is 5.56 Å². The summed E-state index contributed by atoms with van der Waals surface area (Å²) in [5.41, 5.74) is 1.94. The van der Waals surface area contributed by atoms with Crippen LogP contribution in [0.2, 0.25) is 0 Å². The van der Waals surface area contributed by atoms with Crippen molar-refractivity contribution < 1.29 is 19.1 Å². The highest BCUT2D eigenvalue weighted by atomic mass is 32.1. The number of carbonyl (C=O) groups excluding carboxylic acids is 2. The minimum absolute atomic E-state index is 0.290. The lowest BCUT2D eigenvalue weighted by Crippen LogP contribution is -2.45. The van der Waals surface area contributed by atoms with Crippen LogP contribution in [0.5, 0.6) is 5.75 Å². The summed E-state index contributed by atoms with van der Waals surface area (Å²) in [6.07, 6.45) is 0. The molecule has 1 aromatic rings. The number of hydrogen-bond acceptors (Lipinski definition) is 5. The van der Waals surface area contributed by atoms with Gasteiger partial charge in [0.1, 0.15) is 5.75 Å². The molecule has 0 aliphatic carbocycles. The van der Waals surface area contributed by atoms with Crippen LogP contribution in [0.25, 0.3) is 0 Å². The van der Waals surface area contributed by atoms with E-state index in [1.54, 1.807) is 38.1 Å². The third kappa shape index (κ3) is 4.07. The summed E-state index contributed by atoms with van der Waals surface area (Å²) >= 11 is 5.17. The highest BCUT2D eigenvalue weighted by molar-refractivity contribution is 7.80. The lowest BCUT2D eigenvalue weighted by atomic mass is 9.95. The van der Waals surface area contributed by atoms with Crippen LogP contribution in [0.1, 0.15) is 32.4 Å². The number of nitrogens with one attached hydrogen (secondary N) is 2. The highest BCUT2D eigenvalue weighted by Crippen LogP contribution is 2.28. The predicted octanol–water partition coefficient (Wildman–Crippen LogP) is 1.97. The summed E-state index contributed by atoms with van der Waals surface area (Å²) in [6.45, 7) is 5.16.